The van der Waals surface area contributed by atoms with E-state index >= 15 is 0 Å². The van der Waals surface area contributed by atoms with Crippen molar-refractivity contribution in [1.82, 2.24) is 15.0 Å². The standard InChI is InChI=1S/C64H42F3N3O3S/c65-64(66,67)74(71,72)73-63-39-62(47-24-16-23-46(35-47)43-17-4-1-5-18-43)70-42-59(63)58-30-15-14-29-57(58)52-37-50(55-27-12-10-25-53(55)48-31-33-60(68-40-48)44-19-6-2-7-20-44)36-51(38-52)56-28-13-11-26-54(56)49-32-34-61(69-41-49)45-21-8-3-9-22-45/h1-42H. The zero-order valence-corrected chi connectivity index (χ0v) is 40.2. The third-order valence-corrected chi connectivity index (χ3v) is 13.8. The number of halogens is 3. The molecule has 0 N–H and O–H groups in total. The SMILES string of the molecule is O=S(=O)(Oc1cc(-c2cccc(-c3ccccc3)c2)ncc1-c1ccccc1-c1cc(-c2ccccc2-c2ccc(-c3ccccc3)nc2)cc(-c2ccccc2-c2ccc(-c3ccccc3)nc2)c1)C(F)(F)F. The molecule has 358 valence electrons. The first kappa shape index (κ1) is 47.1. The highest BCUT2D eigenvalue weighted by Gasteiger charge is 2.49. The van der Waals surface area contributed by atoms with Crippen LogP contribution in [0.15, 0.2) is 255 Å². The third kappa shape index (κ3) is 9.74. The summed E-state index contributed by atoms with van der Waals surface area (Å²) < 4.78 is 73.7. The van der Waals surface area contributed by atoms with E-state index in [2.05, 4.69) is 42.5 Å². The zero-order valence-electron chi connectivity index (χ0n) is 39.4. The van der Waals surface area contributed by atoms with Crippen LogP contribution in [-0.4, -0.2) is 28.9 Å². The summed E-state index contributed by atoms with van der Waals surface area (Å²) in [7, 11) is -6.13. The van der Waals surface area contributed by atoms with Crippen LogP contribution < -0.4 is 4.18 Å². The molecule has 0 amide bonds. The van der Waals surface area contributed by atoms with Crippen molar-refractivity contribution >= 4 is 10.1 Å². The molecule has 0 aliphatic rings. The van der Waals surface area contributed by atoms with Gasteiger partial charge in [0.15, 0.2) is 5.75 Å². The molecule has 11 rings (SSSR count). The first-order chi connectivity index (χ1) is 36.1. The second kappa shape index (κ2) is 20.1. The van der Waals surface area contributed by atoms with Crippen LogP contribution in [-0.2, 0) is 10.1 Å². The van der Waals surface area contributed by atoms with Crippen molar-refractivity contribution in [3.63, 3.8) is 0 Å². The lowest BCUT2D eigenvalue weighted by atomic mass is 9.86. The maximum Gasteiger partial charge on any atom is 0.534 e. The van der Waals surface area contributed by atoms with Crippen molar-refractivity contribution in [2.24, 2.45) is 0 Å². The van der Waals surface area contributed by atoms with E-state index in [1.807, 2.05) is 182 Å². The Labute approximate surface area is 426 Å². The molecule has 0 aliphatic carbocycles. The van der Waals surface area contributed by atoms with Gasteiger partial charge in [-0.1, -0.05) is 194 Å². The molecule has 3 aromatic heterocycles. The maximum atomic E-state index is 14.2. The van der Waals surface area contributed by atoms with Gasteiger partial charge in [-0.15, -0.1) is 0 Å². The van der Waals surface area contributed by atoms with Crippen LogP contribution in [0.4, 0.5) is 13.2 Å². The van der Waals surface area contributed by atoms with Gasteiger partial charge < -0.3 is 4.18 Å². The highest BCUT2D eigenvalue weighted by Crippen LogP contribution is 2.45. The number of pyridine rings is 3. The van der Waals surface area contributed by atoms with Gasteiger partial charge in [0.25, 0.3) is 0 Å². The van der Waals surface area contributed by atoms with E-state index in [4.69, 9.17) is 19.1 Å². The van der Waals surface area contributed by atoms with Gasteiger partial charge in [-0.3, -0.25) is 15.0 Å². The Balaban J connectivity index is 1.09. The third-order valence-electron chi connectivity index (χ3n) is 12.8. The largest absolute Gasteiger partial charge is 0.534 e. The maximum absolute atomic E-state index is 14.2. The molecule has 0 saturated carbocycles. The number of aromatic nitrogens is 3. The fraction of sp³-hybridized carbons (Fsp3) is 0.0156. The molecular formula is C64H42F3N3O3S. The fourth-order valence-corrected chi connectivity index (χ4v) is 9.69. The lowest BCUT2D eigenvalue weighted by Crippen LogP contribution is -2.28. The molecule has 0 fully saturated rings. The summed E-state index contributed by atoms with van der Waals surface area (Å²) in [6.45, 7) is 0. The molecule has 0 atom stereocenters. The lowest BCUT2D eigenvalue weighted by molar-refractivity contribution is -0.0499. The summed E-state index contributed by atoms with van der Waals surface area (Å²) in [6, 6.07) is 75.7. The first-order valence-electron chi connectivity index (χ1n) is 23.7. The Morgan fingerprint density at radius 1 is 0.297 bits per heavy atom. The van der Waals surface area contributed by atoms with Gasteiger partial charge >= 0.3 is 15.6 Å². The van der Waals surface area contributed by atoms with E-state index in [0.29, 0.717) is 22.3 Å². The molecule has 0 spiro atoms. The molecule has 3 heterocycles. The smallest absolute Gasteiger partial charge is 0.375 e. The second-order valence-electron chi connectivity index (χ2n) is 17.5. The number of hydrogen-bond donors (Lipinski definition) is 0. The van der Waals surface area contributed by atoms with Crippen LogP contribution in [0.1, 0.15) is 0 Å². The van der Waals surface area contributed by atoms with Crippen LogP contribution in [0.3, 0.4) is 0 Å². The minimum Gasteiger partial charge on any atom is -0.375 e. The summed E-state index contributed by atoms with van der Waals surface area (Å²) in [6.07, 6.45) is 5.11. The van der Waals surface area contributed by atoms with Crippen molar-refractivity contribution < 1.29 is 25.8 Å². The quantitative estimate of drug-likeness (QED) is 0.0896. The molecule has 0 saturated heterocycles. The van der Waals surface area contributed by atoms with Gasteiger partial charge in [0, 0.05) is 58.0 Å². The molecule has 0 bridgehead atoms. The fourth-order valence-electron chi connectivity index (χ4n) is 9.22. The van der Waals surface area contributed by atoms with Crippen LogP contribution in [0.5, 0.6) is 5.75 Å². The molecule has 74 heavy (non-hydrogen) atoms. The molecule has 0 aliphatic heterocycles. The van der Waals surface area contributed by atoms with E-state index in [1.54, 1.807) is 18.2 Å². The Morgan fingerprint density at radius 3 is 1.11 bits per heavy atom. The lowest BCUT2D eigenvalue weighted by Gasteiger charge is -2.19. The number of benzene rings is 8. The number of alkyl halides is 3. The minimum atomic E-state index is -6.13. The molecule has 11 aromatic rings. The van der Waals surface area contributed by atoms with Crippen LogP contribution in [0.25, 0.3) is 112 Å². The van der Waals surface area contributed by atoms with E-state index in [-0.39, 0.29) is 11.3 Å². The Morgan fingerprint density at radius 2 is 0.662 bits per heavy atom. The van der Waals surface area contributed by atoms with Crippen LogP contribution in [0, 0.1) is 0 Å². The van der Waals surface area contributed by atoms with E-state index in [9.17, 15) is 21.6 Å². The van der Waals surface area contributed by atoms with Crippen molar-refractivity contribution in [3.8, 4) is 117 Å². The summed E-state index contributed by atoms with van der Waals surface area (Å²) in [5.41, 5.74) is 9.30. The van der Waals surface area contributed by atoms with Crippen LogP contribution >= 0.6 is 0 Å². The zero-order chi connectivity index (χ0) is 50.7. The average Bonchev–Trinajstić information content (AvgIpc) is 3.45. The van der Waals surface area contributed by atoms with Gasteiger partial charge in [0.2, 0.25) is 0 Å². The van der Waals surface area contributed by atoms with Crippen molar-refractivity contribution in [2.75, 3.05) is 0 Å². The topological polar surface area (TPSA) is 82.0 Å². The Bertz CT molecular complexity index is 3770. The Kier molecular flexibility index (Phi) is 12.8. The minimum absolute atomic E-state index is 0.0401. The summed E-state index contributed by atoms with van der Waals surface area (Å²) in [5.74, 6) is -0.533. The van der Waals surface area contributed by atoms with Crippen molar-refractivity contribution in [1.29, 1.82) is 0 Å². The molecule has 10 heteroatoms. The molecule has 8 aromatic carbocycles. The van der Waals surface area contributed by atoms with E-state index in [1.165, 1.54) is 12.3 Å². The molecular weight excluding hydrogens is 948 g/mol. The molecule has 0 unspecified atom stereocenters. The monoisotopic (exact) mass is 989 g/mol. The predicted octanol–water partition coefficient (Wildman–Crippen LogP) is 16.8. The van der Waals surface area contributed by atoms with E-state index in [0.717, 1.165) is 78.1 Å². The van der Waals surface area contributed by atoms with Gasteiger partial charge in [-0.05, 0) is 97.6 Å². The molecule has 0 radical (unpaired) electrons. The highest BCUT2D eigenvalue weighted by atomic mass is 32.2. The normalized spacial score (nSPS) is 11.6. The van der Waals surface area contributed by atoms with E-state index < -0.39 is 21.4 Å². The van der Waals surface area contributed by atoms with Gasteiger partial charge in [0.1, 0.15) is 0 Å². The van der Waals surface area contributed by atoms with Gasteiger partial charge in [-0.2, -0.15) is 21.6 Å². The first-order valence-corrected chi connectivity index (χ1v) is 25.1. The van der Waals surface area contributed by atoms with Gasteiger partial charge in [0.05, 0.1) is 17.1 Å². The number of rotatable bonds is 12. The average molecular weight is 990 g/mol. The van der Waals surface area contributed by atoms with Gasteiger partial charge in [-0.25, -0.2) is 0 Å². The second-order valence-corrected chi connectivity index (χ2v) is 19.1. The summed E-state index contributed by atoms with van der Waals surface area (Å²) >= 11 is 0. The summed E-state index contributed by atoms with van der Waals surface area (Å²) in [4.78, 5) is 14.5. The Hall–Kier alpha value is -9.25. The number of hydrogen-bond acceptors (Lipinski definition) is 6. The number of nitrogens with zero attached hydrogens (tertiary/aromatic N) is 3. The van der Waals surface area contributed by atoms with Crippen molar-refractivity contribution in [3.05, 3.63) is 255 Å². The van der Waals surface area contributed by atoms with Crippen molar-refractivity contribution in [2.45, 2.75) is 5.51 Å². The molecule has 6 nitrogen and oxygen atoms in total. The predicted molar refractivity (Wildman–Crippen MR) is 290 cm³/mol. The van der Waals surface area contributed by atoms with Crippen LogP contribution in [0.2, 0.25) is 0 Å². The highest BCUT2D eigenvalue weighted by molar-refractivity contribution is 7.88. The summed E-state index contributed by atoms with van der Waals surface area (Å²) in [5, 5.41) is 0.